The number of nitrogens with two attached hydrogens (primary N) is 1. The summed E-state index contributed by atoms with van der Waals surface area (Å²) in [6.07, 6.45) is 10.2. The standard InChI is InChI=1S/C13H18N4/c14-9-11-12(10-5-2-1-3-6-10)16-17-8-4-7-15-13(11)17/h4,7-8,10H,1-3,5-6,9,14H2. The maximum Gasteiger partial charge on any atom is 0.159 e. The molecule has 0 radical (unpaired) electrons. The van der Waals surface area contributed by atoms with Crippen molar-refractivity contribution in [2.24, 2.45) is 5.73 Å². The van der Waals surface area contributed by atoms with Crippen LogP contribution in [0.4, 0.5) is 0 Å². The zero-order valence-corrected chi connectivity index (χ0v) is 9.97. The van der Waals surface area contributed by atoms with Crippen LogP contribution in [0.5, 0.6) is 0 Å². The third-order valence-corrected chi connectivity index (χ3v) is 3.72. The molecule has 0 aliphatic heterocycles. The largest absolute Gasteiger partial charge is 0.326 e. The quantitative estimate of drug-likeness (QED) is 0.860. The summed E-state index contributed by atoms with van der Waals surface area (Å²) in [5, 5.41) is 4.68. The Kier molecular flexibility index (Phi) is 2.81. The van der Waals surface area contributed by atoms with Crippen LogP contribution < -0.4 is 5.73 Å². The molecule has 0 amide bonds. The topological polar surface area (TPSA) is 56.2 Å². The molecule has 0 spiro atoms. The Labute approximate surface area is 101 Å². The molecule has 0 bridgehead atoms. The van der Waals surface area contributed by atoms with E-state index in [9.17, 15) is 0 Å². The predicted molar refractivity (Wildman–Crippen MR) is 66.7 cm³/mol. The zero-order valence-electron chi connectivity index (χ0n) is 9.97. The number of hydrogen-bond acceptors (Lipinski definition) is 3. The summed E-state index contributed by atoms with van der Waals surface area (Å²) < 4.78 is 1.87. The lowest BCUT2D eigenvalue weighted by Gasteiger charge is -2.20. The van der Waals surface area contributed by atoms with Gasteiger partial charge >= 0.3 is 0 Å². The lowest BCUT2D eigenvalue weighted by Crippen LogP contribution is -2.09. The van der Waals surface area contributed by atoms with Gasteiger partial charge in [-0.1, -0.05) is 19.3 Å². The molecule has 0 aromatic carbocycles. The Morgan fingerprint density at radius 3 is 2.88 bits per heavy atom. The summed E-state index contributed by atoms with van der Waals surface area (Å²) in [5.41, 5.74) is 9.12. The molecule has 4 heteroatoms. The smallest absolute Gasteiger partial charge is 0.159 e. The van der Waals surface area contributed by atoms with E-state index in [1.807, 2.05) is 16.8 Å². The van der Waals surface area contributed by atoms with Crippen LogP contribution in [0.1, 0.15) is 49.3 Å². The van der Waals surface area contributed by atoms with E-state index < -0.39 is 0 Å². The molecule has 2 aromatic heterocycles. The van der Waals surface area contributed by atoms with Gasteiger partial charge < -0.3 is 5.73 Å². The van der Waals surface area contributed by atoms with E-state index >= 15 is 0 Å². The highest BCUT2D eigenvalue weighted by atomic mass is 15.3. The van der Waals surface area contributed by atoms with Crippen molar-refractivity contribution in [2.45, 2.75) is 44.6 Å². The molecule has 2 aromatic rings. The lowest BCUT2D eigenvalue weighted by atomic mass is 9.85. The van der Waals surface area contributed by atoms with Crippen LogP contribution >= 0.6 is 0 Å². The highest BCUT2D eigenvalue weighted by Crippen LogP contribution is 2.34. The molecule has 17 heavy (non-hydrogen) atoms. The summed E-state index contributed by atoms with van der Waals surface area (Å²) in [7, 11) is 0. The number of rotatable bonds is 2. The third kappa shape index (κ3) is 1.82. The fourth-order valence-electron chi connectivity index (χ4n) is 2.85. The van der Waals surface area contributed by atoms with Crippen molar-refractivity contribution in [2.75, 3.05) is 0 Å². The van der Waals surface area contributed by atoms with Crippen molar-refractivity contribution in [3.8, 4) is 0 Å². The van der Waals surface area contributed by atoms with Gasteiger partial charge in [-0.25, -0.2) is 9.50 Å². The summed E-state index contributed by atoms with van der Waals surface area (Å²) >= 11 is 0. The summed E-state index contributed by atoms with van der Waals surface area (Å²) in [6.45, 7) is 0.534. The minimum Gasteiger partial charge on any atom is -0.326 e. The number of hydrogen-bond donors (Lipinski definition) is 1. The first-order valence-electron chi connectivity index (χ1n) is 6.42. The Balaban J connectivity index is 2.08. The molecule has 1 aliphatic rings. The second-order valence-corrected chi connectivity index (χ2v) is 4.79. The molecule has 0 saturated heterocycles. The van der Waals surface area contributed by atoms with Gasteiger partial charge in [0.1, 0.15) is 0 Å². The van der Waals surface area contributed by atoms with Crippen LogP contribution in [0.15, 0.2) is 18.5 Å². The van der Waals surface area contributed by atoms with Crippen molar-refractivity contribution >= 4 is 5.65 Å². The molecule has 1 fully saturated rings. The van der Waals surface area contributed by atoms with Gasteiger partial charge in [0, 0.05) is 30.4 Å². The van der Waals surface area contributed by atoms with E-state index in [1.165, 1.54) is 37.8 Å². The summed E-state index contributed by atoms with van der Waals surface area (Å²) in [6, 6.07) is 1.91. The summed E-state index contributed by atoms with van der Waals surface area (Å²) in [5.74, 6) is 0.587. The van der Waals surface area contributed by atoms with Gasteiger partial charge in [0.25, 0.3) is 0 Å². The van der Waals surface area contributed by atoms with Crippen molar-refractivity contribution in [1.82, 2.24) is 14.6 Å². The first kappa shape index (κ1) is 10.7. The zero-order chi connectivity index (χ0) is 11.7. The second kappa shape index (κ2) is 4.45. The van der Waals surface area contributed by atoms with Gasteiger partial charge in [-0.05, 0) is 18.9 Å². The van der Waals surface area contributed by atoms with Gasteiger partial charge in [0.2, 0.25) is 0 Å². The first-order chi connectivity index (χ1) is 8.40. The fraction of sp³-hybridized carbons (Fsp3) is 0.538. The van der Waals surface area contributed by atoms with Gasteiger partial charge in [0.05, 0.1) is 5.69 Å². The first-order valence-corrected chi connectivity index (χ1v) is 6.42. The molecule has 2 N–H and O–H groups in total. The molecule has 1 saturated carbocycles. The van der Waals surface area contributed by atoms with Crippen molar-refractivity contribution in [3.63, 3.8) is 0 Å². The van der Waals surface area contributed by atoms with Gasteiger partial charge in [-0.3, -0.25) is 0 Å². The molecular weight excluding hydrogens is 212 g/mol. The normalized spacial score (nSPS) is 17.7. The van der Waals surface area contributed by atoms with Crippen LogP contribution in [-0.4, -0.2) is 14.6 Å². The van der Waals surface area contributed by atoms with Crippen LogP contribution in [-0.2, 0) is 6.54 Å². The maximum absolute atomic E-state index is 5.87. The minimum absolute atomic E-state index is 0.534. The van der Waals surface area contributed by atoms with Gasteiger partial charge in [0.15, 0.2) is 5.65 Å². The Morgan fingerprint density at radius 2 is 2.12 bits per heavy atom. The van der Waals surface area contributed by atoms with Crippen LogP contribution in [0.25, 0.3) is 5.65 Å². The molecule has 90 valence electrons. The van der Waals surface area contributed by atoms with Crippen LogP contribution in [0, 0.1) is 0 Å². The Bertz CT molecular complexity index is 511. The van der Waals surface area contributed by atoms with E-state index in [0.29, 0.717) is 12.5 Å². The molecule has 1 aliphatic carbocycles. The van der Waals surface area contributed by atoms with Gasteiger partial charge in [-0.15, -0.1) is 0 Å². The van der Waals surface area contributed by atoms with E-state index in [1.54, 1.807) is 6.20 Å². The van der Waals surface area contributed by atoms with E-state index in [0.717, 1.165) is 11.2 Å². The van der Waals surface area contributed by atoms with E-state index in [2.05, 4.69) is 10.1 Å². The van der Waals surface area contributed by atoms with Crippen molar-refractivity contribution < 1.29 is 0 Å². The fourth-order valence-corrected chi connectivity index (χ4v) is 2.85. The molecule has 2 heterocycles. The molecular formula is C13H18N4. The lowest BCUT2D eigenvalue weighted by molar-refractivity contribution is 0.433. The third-order valence-electron chi connectivity index (χ3n) is 3.72. The maximum atomic E-state index is 5.87. The average molecular weight is 230 g/mol. The number of fused-ring (bicyclic) bond motifs is 1. The Morgan fingerprint density at radius 1 is 1.29 bits per heavy atom. The Hall–Kier alpha value is -1.42. The highest BCUT2D eigenvalue weighted by Gasteiger charge is 2.22. The van der Waals surface area contributed by atoms with Crippen LogP contribution in [0.2, 0.25) is 0 Å². The second-order valence-electron chi connectivity index (χ2n) is 4.79. The molecule has 0 atom stereocenters. The highest BCUT2D eigenvalue weighted by molar-refractivity contribution is 5.50. The molecule has 4 nitrogen and oxygen atoms in total. The monoisotopic (exact) mass is 230 g/mol. The molecule has 3 rings (SSSR count). The van der Waals surface area contributed by atoms with Crippen molar-refractivity contribution in [3.05, 3.63) is 29.7 Å². The number of nitrogens with zero attached hydrogens (tertiary/aromatic N) is 3. The van der Waals surface area contributed by atoms with Gasteiger partial charge in [-0.2, -0.15) is 5.10 Å². The molecule has 0 unspecified atom stereocenters. The number of aromatic nitrogens is 3. The van der Waals surface area contributed by atoms with Crippen molar-refractivity contribution in [1.29, 1.82) is 0 Å². The van der Waals surface area contributed by atoms with Crippen LogP contribution in [0.3, 0.4) is 0 Å². The predicted octanol–water partition coefficient (Wildman–Crippen LogP) is 2.24. The minimum atomic E-state index is 0.534. The SMILES string of the molecule is NCc1c(C2CCCCC2)nn2cccnc12. The van der Waals surface area contributed by atoms with E-state index in [4.69, 9.17) is 5.73 Å². The summed E-state index contributed by atoms with van der Waals surface area (Å²) in [4.78, 5) is 4.39. The van der Waals surface area contributed by atoms with E-state index in [-0.39, 0.29) is 0 Å². The average Bonchev–Trinajstić information content (AvgIpc) is 2.78.